The molecule has 2 aliphatic heterocycles. The first-order valence-corrected chi connectivity index (χ1v) is 9.26. The summed E-state index contributed by atoms with van der Waals surface area (Å²) in [5.41, 5.74) is 1.24. The van der Waals surface area contributed by atoms with Crippen LogP contribution in [0.3, 0.4) is 0 Å². The average molecular weight is 332 g/mol. The largest absolute Gasteiger partial charge is 0.366 e. The number of nitrogens with zero attached hydrogens (tertiary/aromatic N) is 2. The van der Waals surface area contributed by atoms with E-state index in [1.165, 1.54) is 16.2 Å². The summed E-state index contributed by atoms with van der Waals surface area (Å²) in [6.45, 7) is 8.52. The Labute approximate surface area is 141 Å². The first-order chi connectivity index (χ1) is 11.0. The van der Waals surface area contributed by atoms with Gasteiger partial charge in [0.25, 0.3) is 11.8 Å². The average Bonchev–Trinajstić information content (AvgIpc) is 3.10. The molecule has 0 aliphatic carbocycles. The highest BCUT2D eigenvalue weighted by atomic mass is 32.1. The maximum atomic E-state index is 12.9. The van der Waals surface area contributed by atoms with Gasteiger partial charge < -0.3 is 4.90 Å². The highest BCUT2D eigenvalue weighted by molar-refractivity contribution is 7.11. The Kier molecular flexibility index (Phi) is 4.57. The van der Waals surface area contributed by atoms with Crippen LogP contribution < -0.4 is 0 Å². The predicted octanol–water partition coefficient (Wildman–Crippen LogP) is 3.22. The molecule has 0 N–H and O–H groups in total. The first-order valence-electron chi connectivity index (χ1n) is 8.38. The molecule has 0 atom stereocenters. The van der Waals surface area contributed by atoms with Crippen LogP contribution >= 0.6 is 11.3 Å². The summed E-state index contributed by atoms with van der Waals surface area (Å²) >= 11 is 1.53. The van der Waals surface area contributed by atoms with Gasteiger partial charge in [-0.2, -0.15) is 0 Å². The molecule has 124 valence electrons. The van der Waals surface area contributed by atoms with Crippen LogP contribution in [0.25, 0.3) is 5.57 Å². The van der Waals surface area contributed by atoms with Crippen LogP contribution in [0.2, 0.25) is 0 Å². The molecule has 3 rings (SSSR count). The topological polar surface area (TPSA) is 40.6 Å². The van der Waals surface area contributed by atoms with Crippen molar-refractivity contribution in [2.75, 3.05) is 19.6 Å². The molecule has 0 bridgehead atoms. The van der Waals surface area contributed by atoms with E-state index in [1.807, 2.05) is 31.4 Å². The van der Waals surface area contributed by atoms with Gasteiger partial charge in [0, 0.05) is 24.5 Å². The van der Waals surface area contributed by atoms with Gasteiger partial charge in [-0.3, -0.25) is 14.5 Å². The van der Waals surface area contributed by atoms with Crippen LogP contribution in [0.5, 0.6) is 0 Å². The molecule has 0 unspecified atom stereocenters. The minimum Gasteiger partial charge on any atom is -0.366 e. The zero-order valence-corrected chi connectivity index (χ0v) is 14.9. The highest BCUT2D eigenvalue weighted by Gasteiger charge is 2.42. The van der Waals surface area contributed by atoms with Crippen LogP contribution in [0.15, 0.2) is 23.2 Å². The molecule has 2 amide bonds. The third kappa shape index (κ3) is 3.07. The van der Waals surface area contributed by atoms with Crippen molar-refractivity contribution in [3.05, 3.63) is 28.1 Å². The molecule has 2 aliphatic rings. The first kappa shape index (κ1) is 16.2. The van der Waals surface area contributed by atoms with E-state index in [0.717, 1.165) is 30.8 Å². The molecule has 3 heterocycles. The lowest BCUT2D eigenvalue weighted by Gasteiger charge is -2.32. The summed E-state index contributed by atoms with van der Waals surface area (Å²) in [4.78, 5) is 30.3. The van der Waals surface area contributed by atoms with Gasteiger partial charge in [-0.05, 0) is 36.1 Å². The molecule has 1 saturated heterocycles. The number of thiophene rings is 1. The Balaban J connectivity index is 1.98. The van der Waals surface area contributed by atoms with Gasteiger partial charge >= 0.3 is 0 Å². The maximum absolute atomic E-state index is 12.9. The summed E-state index contributed by atoms with van der Waals surface area (Å²) in [6, 6.07) is 3.88. The van der Waals surface area contributed by atoms with E-state index in [4.69, 9.17) is 0 Å². The summed E-state index contributed by atoms with van der Waals surface area (Å²) < 4.78 is 0. The van der Waals surface area contributed by atoms with Crippen LogP contribution in [0, 0.1) is 11.8 Å². The number of carbonyl (C=O) groups excluding carboxylic acids is 2. The molecular formula is C18H24N2O2S. The quantitative estimate of drug-likeness (QED) is 0.795. The van der Waals surface area contributed by atoms with E-state index in [0.29, 0.717) is 23.7 Å². The van der Waals surface area contributed by atoms with Crippen molar-refractivity contribution in [2.24, 2.45) is 11.8 Å². The normalized spacial score (nSPS) is 20.3. The molecule has 0 aromatic carbocycles. The van der Waals surface area contributed by atoms with Crippen LogP contribution in [-0.2, 0) is 9.59 Å². The number of imide groups is 1. The Hall–Kier alpha value is -1.62. The molecule has 1 aromatic rings. The highest BCUT2D eigenvalue weighted by Crippen LogP contribution is 2.35. The van der Waals surface area contributed by atoms with Gasteiger partial charge in [-0.1, -0.05) is 26.8 Å². The summed E-state index contributed by atoms with van der Waals surface area (Å²) in [5, 5.41) is 1.96. The van der Waals surface area contributed by atoms with Crippen molar-refractivity contribution in [3.8, 4) is 0 Å². The third-order valence-electron chi connectivity index (χ3n) is 4.56. The van der Waals surface area contributed by atoms with E-state index in [2.05, 4.69) is 11.8 Å². The fourth-order valence-corrected chi connectivity index (χ4v) is 4.03. The fraction of sp³-hybridized carbons (Fsp3) is 0.556. The summed E-state index contributed by atoms with van der Waals surface area (Å²) in [6.07, 6.45) is 2.15. The van der Waals surface area contributed by atoms with E-state index < -0.39 is 0 Å². The van der Waals surface area contributed by atoms with Crippen molar-refractivity contribution in [2.45, 2.75) is 33.6 Å². The molecular weight excluding hydrogens is 308 g/mol. The van der Waals surface area contributed by atoms with Crippen molar-refractivity contribution in [3.63, 3.8) is 0 Å². The van der Waals surface area contributed by atoms with Crippen LogP contribution in [0.1, 0.15) is 38.5 Å². The molecule has 0 spiro atoms. The Morgan fingerprint density at radius 2 is 1.91 bits per heavy atom. The smallest absolute Gasteiger partial charge is 0.277 e. The van der Waals surface area contributed by atoms with Gasteiger partial charge in [0.1, 0.15) is 5.70 Å². The van der Waals surface area contributed by atoms with Crippen LogP contribution in [0.4, 0.5) is 0 Å². The standard InChI is InChI=1S/C18H24N2O2S/c1-12(2)11-20-17(21)15(14-5-4-10-23-14)16(18(20)22)19-8-6-13(3)7-9-19/h4-5,10,12-13H,6-9,11H2,1-3H3. The second kappa shape index (κ2) is 6.48. The van der Waals surface area contributed by atoms with Gasteiger partial charge in [0.15, 0.2) is 0 Å². The lowest BCUT2D eigenvalue weighted by molar-refractivity contribution is -0.138. The second-order valence-electron chi connectivity index (χ2n) is 6.99. The molecule has 1 aromatic heterocycles. The lowest BCUT2D eigenvalue weighted by Crippen LogP contribution is -2.39. The number of hydrogen-bond acceptors (Lipinski definition) is 4. The monoisotopic (exact) mass is 332 g/mol. The number of piperidine rings is 1. The number of likely N-dealkylation sites (tertiary alicyclic amines) is 1. The van der Waals surface area contributed by atoms with Crippen molar-refractivity contribution in [1.82, 2.24) is 9.80 Å². The second-order valence-corrected chi connectivity index (χ2v) is 7.93. The molecule has 4 nitrogen and oxygen atoms in total. The zero-order valence-electron chi connectivity index (χ0n) is 14.0. The minimum atomic E-state index is -0.125. The summed E-state index contributed by atoms with van der Waals surface area (Å²) in [7, 11) is 0. The Morgan fingerprint density at radius 3 is 2.48 bits per heavy atom. The van der Waals surface area contributed by atoms with Gasteiger partial charge in [-0.15, -0.1) is 11.3 Å². The van der Waals surface area contributed by atoms with Crippen molar-refractivity contribution >= 4 is 28.7 Å². The number of amides is 2. The van der Waals surface area contributed by atoms with Gasteiger partial charge in [-0.25, -0.2) is 0 Å². The zero-order chi connectivity index (χ0) is 16.6. The van der Waals surface area contributed by atoms with E-state index in [1.54, 1.807) is 0 Å². The maximum Gasteiger partial charge on any atom is 0.277 e. The van der Waals surface area contributed by atoms with E-state index in [-0.39, 0.29) is 17.7 Å². The molecule has 23 heavy (non-hydrogen) atoms. The fourth-order valence-electron chi connectivity index (χ4n) is 3.26. The van der Waals surface area contributed by atoms with Crippen molar-refractivity contribution in [1.29, 1.82) is 0 Å². The van der Waals surface area contributed by atoms with Gasteiger partial charge in [0.05, 0.1) is 5.57 Å². The SMILES string of the molecule is CC(C)CN1C(=O)C(c2cccs2)=C(N2CCC(C)CC2)C1=O. The lowest BCUT2D eigenvalue weighted by atomic mass is 9.98. The predicted molar refractivity (Wildman–Crippen MR) is 92.8 cm³/mol. The number of carbonyl (C=O) groups is 2. The number of hydrogen-bond donors (Lipinski definition) is 0. The minimum absolute atomic E-state index is 0.110. The Morgan fingerprint density at radius 1 is 1.22 bits per heavy atom. The third-order valence-corrected chi connectivity index (χ3v) is 5.45. The Bertz CT molecular complexity index is 625. The van der Waals surface area contributed by atoms with Crippen molar-refractivity contribution < 1.29 is 9.59 Å². The van der Waals surface area contributed by atoms with E-state index in [9.17, 15) is 9.59 Å². The molecule has 1 fully saturated rings. The van der Waals surface area contributed by atoms with E-state index >= 15 is 0 Å². The molecule has 0 saturated carbocycles. The number of rotatable bonds is 4. The molecule has 0 radical (unpaired) electrons. The summed E-state index contributed by atoms with van der Waals surface area (Å²) in [5.74, 6) is 0.727. The van der Waals surface area contributed by atoms with Gasteiger partial charge in [0.2, 0.25) is 0 Å². The molecule has 5 heteroatoms. The van der Waals surface area contributed by atoms with Crippen LogP contribution in [-0.4, -0.2) is 41.2 Å².